The predicted octanol–water partition coefficient (Wildman–Crippen LogP) is 2.64. The molecule has 0 spiro atoms. The van der Waals surface area contributed by atoms with Gasteiger partial charge in [-0.15, -0.1) is 0 Å². The van der Waals surface area contributed by atoms with Crippen molar-refractivity contribution in [3.05, 3.63) is 35.9 Å². The van der Waals surface area contributed by atoms with Crippen LogP contribution in [-0.4, -0.2) is 52.5 Å². The lowest BCUT2D eigenvalue weighted by Gasteiger charge is -2.16. The Hall–Kier alpha value is -0.980. The maximum atomic E-state index is 5.52. The molecule has 0 radical (unpaired) electrons. The topological polar surface area (TPSA) is 46.2 Å². The molecule has 5 nitrogen and oxygen atoms in total. The van der Waals surface area contributed by atoms with Gasteiger partial charge in [-0.3, -0.25) is 0 Å². The lowest BCUT2D eigenvalue weighted by Crippen LogP contribution is -2.24. The third kappa shape index (κ3) is 9.87. The molecule has 1 aromatic rings. The normalized spacial score (nSPS) is 11.2. The molecule has 1 rings (SSSR count). The van der Waals surface area contributed by atoms with E-state index in [0.717, 1.165) is 0 Å². The fourth-order valence-corrected chi connectivity index (χ4v) is 1.80. The average molecular weight is 312 g/mol. The Morgan fingerprint density at radius 2 is 1.36 bits per heavy atom. The molecule has 0 aliphatic heterocycles. The summed E-state index contributed by atoms with van der Waals surface area (Å²) in [6.45, 7) is 8.35. The molecule has 5 heteroatoms. The molecule has 0 N–H and O–H groups in total. The molecule has 0 bridgehead atoms. The van der Waals surface area contributed by atoms with Crippen LogP contribution in [0.3, 0.4) is 0 Å². The molecule has 1 aromatic carbocycles. The largest absolute Gasteiger partial charge is 0.377 e. The zero-order valence-corrected chi connectivity index (χ0v) is 13.7. The van der Waals surface area contributed by atoms with Gasteiger partial charge in [-0.1, -0.05) is 30.3 Å². The van der Waals surface area contributed by atoms with Crippen molar-refractivity contribution in [2.24, 2.45) is 0 Å². The summed E-state index contributed by atoms with van der Waals surface area (Å²) in [5.74, 6) is 0. The van der Waals surface area contributed by atoms with E-state index in [1.165, 1.54) is 5.56 Å². The lowest BCUT2D eigenvalue weighted by atomic mass is 10.2. The smallest absolute Gasteiger partial charge is 0.180 e. The van der Waals surface area contributed by atoms with Gasteiger partial charge in [-0.2, -0.15) is 0 Å². The van der Waals surface area contributed by atoms with Crippen molar-refractivity contribution < 1.29 is 23.7 Å². The number of hydrogen-bond donors (Lipinski definition) is 0. The average Bonchev–Trinajstić information content (AvgIpc) is 2.54. The van der Waals surface area contributed by atoms with Gasteiger partial charge in [-0.05, 0) is 19.4 Å². The molecule has 0 saturated carbocycles. The van der Waals surface area contributed by atoms with Gasteiger partial charge in [0, 0.05) is 13.2 Å². The third-order valence-corrected chi connectivity index (χ3v) is 2.81. The first-order chi connectivity index (χ1) is 10.9. The Bertz CT molecular complexity index is 338. The summed E-state index contributed by atoms with van der Waals surface area (Å²) in [4.78, 5) is 0. The van der Waals surface area contributed by atoms with E-state index in [9.17, 15) is 0 Å². The minimum Gasteiger partial charge on any atom is -0.377 e. The van der Waals surface area contributed by atoms with Crippen LogP contribution in [0.4, 0.5) is 0 Å². The van der Waals surface area contributed by atoms with Crippen molar-refractivity contribution >= 4 is 0 Å². The molecule has 0 heterocycles. The van der Waals surface area contributed by atoms with E-state index >= 15 is 0 Å². The standard InChI is InChI=1S/C17H28O5/c1-3-21-17(22-4-2)15-20-13-11-18-10-12-19-14-16-8-6-5-7-9-16/h5-9,17H,3-4,10-15H2,1-2H3. The maximum Gasteiger partial charge on any atom is 0.180 e. The maximum absolute atomic E-state index is 5.52. The third-order valence-electron chi connectivity index (χ3n) is 2.81. The quantitative estimate of drug-likeness (QED) is 0.390. The van der Waals surface area contributed by atoms with Gasteiger partial charge in [0.25, 0.3) is 0 Å². The number of hydrogen-bond acceptors (Lipinski definition) is 5. The highest BCUT2D eigenvalue weighted by molar-refractivity contribution is 5.13. The molecule has 0 saturated heterocycles. The summed E-state index contributed by atoms with van der Waals surface area (Å²) < 4.78 is 27.2. The lowest BCUT2D eigenvalue weighted by molar-refractivity contribution is -0.169. The van der Waals surface area contributed by atoms with E-state index in [2.05, 4.69) is 0 Å². The van der Waals surface area contributed by atoms with Gasteiger partial charge in [0.15, 0.2) is 6.29 Å². The molecule has 0 unspecified atom stereocenters. The second-order valence-electron chi connectivity index (χ2n) is 4.57. The summed E-state index contributed by atoms with van der Waals surface area (Å²) in [5, 5.41) is 0. The fraction of sp³-hybridized carbons (Fsp3) is 0.647. The Morgan fingerprint density at radius 1 is 0.773 bits per heavy atom. The Balaban J connectivity index is 1.89. The van der Waals surface area contributed by atoms with Crippen molar-refractivity contribution in [2.45, 2.75) is 26.7 Å². The van der Waals surface area contributed by atoms with Gasteiger partial charge >= 0.3 is 0 Å². The molecule has 0 aliphatic carbocycles. The van der Waals surface area contributed by atoms with E-state index in [1.807, 2.05) is 44.2 Å². The summed E-state index contributed by atoms with van der Waals surface area (Å²) in [6, 6.07) is 10.1. The summed E-state index contributed by atoms with van der Waals surface area (Å²) in [6.07, 6.45) is -0.288. The minimum atomic E-state index is -0.288. The number of benzene rings is 1. The first-order valence-electron chi connectivity index (χ1n) is 7.87. The summed E-state index contributed by atoms with van der Waals surface area (Å²) in [7, 11) is 0. The van der Waals surface area contributed by atoms with Crippen LogP contribution >= 0.6 is 0 Å². The fourth-order valence-electron chi connectivity index (χ4n) is 1.80. The Kier molecular flexibility index (Phi) is 11.8. The van der Waals surface area contributed by atoms with Crippen LogP contribution in [0.15, 0.2) is 30.3 Å². The molecule has 22 heavy (non-hydrogen) atoms. The summed E-state index contributed by atoms with van der Waals surface area (Å²) in [5.41, 5.74) is 1.17. The Morgan fingerprint density at radius 3 is 2.00 bits per heavy atom. The zero-order valence-electron chi connectivity index (χ0n) is 13.7. The van der Waals surface area contributed by atoms with E-state index in [0.29, 0.717) is 52.9 Å². The van der Waals surface area contributed by atoms with Crippen molar-refractivity contribution in [1.82, 2.24) is 0 Å². The Labute approximate surface area is 133 Å². The van der Waals surface area contributed by atoms with Crippen molar-refractivity contribution in [3.63, 3.8) is 0 Å². The SMILES string of the molecule is CCOC(COCCOCCOCc1ccccc1)OCC. The summed E-state index contributed by atoms with van der Waals surface area (Å²) >= 11 is 0. The number of rotatable bonds is 14. The van der Waals surface area contributed by atoms with Gasteiger partial charge in [-0.25, -0.2) is 0 Å². The van der Waals surface area contributed by atoms with E-state index in [4.69, 9.17) is 23.7 Å². The van der Waals surface area contributed by atoms with E-state index in [1.54, 1.807) is 0 Å². The minimum absolute atomic E-state index is 0.288. The molecule has 0 aliphatic rings. The van der Waals surface area contributed by atoms with Gasteiger partial charge < -0.3 is 23.7 Å². The number of ether oxygens (including phenoxy) is 5. The van der Waals surface area contributed by atoms with Gasteiger partial charge in [0.2, 0.25) is 0 Å². The highest BCUT2D eigenvalue weighted by Crippen LogP contribution is 2.00. The van der Waals surface area contributed by atoms with Crippen molar-refractivity contribution in [3.8, 4) is 0 Å². The van der Waals surface area contributed by atoms with Crippen LogP contribution in [-0.2, 0) is 30.3 Å². The van der Waals surface area contributed by atoms with Gasteiger partial charge in [0.05, 0.1) is 39.6 Å². The van der Waals surface area contributed by atoms with E-state index in [-0.39, 0.29) is 6.29 Å². The highest BCUT2D eigenvalue weighted by atomic mass is 16.7. The molecular formula is C17H28O5. The first-order valence-corrected chi connectivity index (χ1v) is 7.87. The van der Waals surface area contributed by atoms with Crippen LogP contribution in [0.25, 0.3) is 0 Å². The van der Waals surface area contributed by atoms with Crippen molar-refractivity contribution in [1.29, 1.82) is 0 Å². The predicted molar refractivity (Wildman–Crippen MR) is 84.8 cm³/mol. The van der Waals surface area contributed by atoms with Crippen LogP contribution in [0.1, 0.15) is 19.4 Å². The van der Waals surface area contributed by atoms with Crippen LogP contribution in [0.5, 0.6) is 0 Å². The van der Waals surface area contributed by atoms with Crippen LogP contribution in [0, 0.1) is 0 Å². The van der Waals surface area contributed by atoms with E-state index < -0.39 is 0 Å². The zero-order chi connectivity index (χ0) is 15.9. The van der Waals surface area contributed by atoms with Crippen molar-refractivity contribution in [2.75, 3.05) is 46.2 Å². The molecule has 0 atom stereocenters. The molecule has 0 amide bonds. The van der Waals surface area contributed by atoms with Crippen LogP contribution < -0.4 is 0 Å². The molecule has 0 aromatic heterocycles. The molecule has 0 fully saturated rings. The highest BCUT2D eigenvalue weighted by Gasteiger charge is 2.07. The van der Waals surface area contributed by atoms with Crippen LogP contribution in [0.2, 0.25) is 0 Å². The van der Waals surface area contributed by atoms with Gasteiger partial charge in [0.1, 0.15) is 0 Å². The first kappa shape index (κ1) is 19.1. The monoisotopic (exact) mass is 312 g/mol. The molecule has 126 valence electrons. The molecular weight excluding hydrogens is 284 g/mol. The second-order valence-corrected chi connectivity index (χ2v) is 4.57. The second kappa shape index (κ2) is 13.7.